The monoisotopic (exact) mass is 284 g/mol. The van der Waals surface area contributed by atoms with Gasteiger partial charge in [0.05, 0.1) is 12.5 Å². The van der Waals surface area contributed by atoms with Crippen LogP contribution in [0.25, 0.3) is 0 Å². The van der Waals surface area contributed by atoms with E-state index in [4.69, 9.17) is 0 Å². The molecule has 1 saturated heterocycles. The average molecular weight is 284 g/mol. The third kappa shape index (κ3) is 3.51. The molecule has 2 rings (SSSR count). The highest BCUT2D eigenvalue weighted by molar-refractivity contribution is 7.98. The summed E-state index contributed by atoms with van der Waals surface area (Å²) in [4.78, 5) is 26.0. The summed E-state index contributed by atoms with van der Waals surface area (Å²) < 4.78 is 0. The summed E-state index contributed by atoms with van der Waals surface area (Å²) in [5.41, 5.74) is 0. The van der Waals surface area contributed by atoms with Crippen molar-refractivity contribution in [2.45, 2.75) is 63.6 Å². The van der Waals surface area contributed by atoms with Crippen molar-refractivity contribution >= 4 is 23.6 Å². The number of hydrogen-bond acceptors (Lipinski definition) is 4. The second-order valence-corrected chi connectivity index (χ2v) is 6.58. The molecule has 0 radical (unpaired) electrons. The minimum Gasteiger partial charge on any atom is -0.302 e. The van der Waals surface area contributed by atoms with Crippen molar-refractivity contribution in [3.63, 3.8) is 0 Å². The topological polar surface area (TPSA) is 49.4 Å². The van der Waals surface area contributed by atoms with Crippen LogP contribution < -0.4 is 5.32 Å². The fourth-order valence-electron chi connectivity index (χ4n) is 3.15. The van der Waals surface area contributed by atoms with Gasteiger partial charge in [-0.15, -0.1) is 0 Å². The van der Waals surface area contributed by atoms with Crippen LogP contribution >= 0.6 is 11.8 Å². The Hall–Kier alpha value is -0.550. The van der Waals surface area contributed by atoms with Crippen molar-refractivity contribution in [1.29, 1.82) is 0 Å². The molecule has 19 heavy (non-hydrogen) atoms. The van der Waals surface area contributed by atoms with E-state index in [0.29, 0.717) is 6.42 Å². The smallest absolute Gasteiger partial charge is 0.247 e. The molecule has 0 aromatic carbocycles. The number of thioether (sulfide) groups is 1. The van der Waals surface area contributed by atoms with E-state index >= 15 is 0 Å². The van der Waals surface area contributed by atoms with Gasteiger partial charge in [-0.1, -0.05) is 19.3 Å². The molecule has 0 spiro atoms. The molecule has 0 bridgehead atoms. The molecule has 0 aromatic rings. The lowest BCUT2D eigenvalue weighted by Gasteiger charge is -2.30. The molecular weight excluding hydrogens is 260 g/mol. The molecule has 4 nitrogen and oxygen atoms in total. The van der Waals surface area contributed by atoms with Crippen molar-refractivity contribution in [1.82, 2.24) is 10.2 Å². The fraction of sp³-hybridized carbons (Fsp3) is 0.857. The molecule has 0 aromatic heterocycles. The summed E-state index contributed by atoms with van der Waals surface area (Å²) in [5, 5.41) is 3.30. The van der Waals surface area contributed by atoms with Crippen LogP contribution in [0.2, 0.25) is 0 Å². The minimum absolute atomic E-state index is 0.00449. The predicted molar refractivity (Wildman–Crippen MR) is 78.1 cm³/mol. The Morgan fingerprint density at radius 2 is 2.00 bits per heavy atom. The number of hydrogen-bond donors (Lipinski definition) is 1. The zero-order valence-electron chi connectivity index (χ0n) is 11.9. The first kappa shape index (κ1) is 14.9. The standard InChI is InChI=1S/C14H24N2O2S/c1-10(9-19-2)15-12-8-13(17)16(14(12)18)11-6-4-3-5-7-11/h10-12,15H,3-9H2,1-2H3. The SMILES string of the molecule is CSCC(C)NC1CC(=O)N(C2CCCCC2)C1=O. The van der Waals surface area contributed by atoms with Gasteiger partial charge in [-0.2, -0.15) is 11.8 Å². The predicted octanol–water partition coefficient (Wildman–Crippen LogP) is 1.79. The van der Waals surface area contributed by atoms with Crippen molar-refractivity contribution < 1.29 is 9.59 Å². The largest absolute Gasteiger partial charge is 0.302 e. The lowest BCUT2D eigenvalue weighted by atomic mass is 9.94. The van der Waals surface area contributed by atoms with E-state index in [0.717, 1.165) is 31.4 Å². The molecule has 5 heteroatoms. The van der Waals surface area contributed by atoms with Crippen molar-refractivity contribution in [2.75, 3.05) is 12.0 Å². The van der Waals surface area contributed by atoms with Gasteiger partial charge in [-0.3, -0.25) is 14.5 Å². The zero-order chi connectivity index (χ0) is 13.8. The second-order valence-electron chi connectivity index (χ2n) is 5.67. The number of amides is 2. The molecule has 1 aliphatic carbocycles. The molecule has 1 saturated carbocycles. The molecule has 1 aliphatic heterocycles. The van der Waals surface area contributed by atoms with Crippen LogP contribution in [0, 0.1) is 0 Å². The van der Waals surface area contributed by atoms with E-state index in [9.17, 15) is 9.59 Å². The lowest BCUT2D eigenvalue weighted by Crippen LogP contribution is -2.47. The van der Waals surface area contributed by atoms with E-state index in [2.05, 4.69) is 12.2 Å². The van der Waals surface area contributed by atoms with Crippen LogP contribution in [0.4, 0.5) is 0 Å². The Bertz CT molecular complexity index is 342. The van der Waals surface area contributed by atoms with Gasteiger partial charge in [0.25, 0.3) is 0 Å². The van der Waals surface area contributed by atoms with E-state index in [-0.39, 0.29) is 29.9 Å². The molecule has 2 atom stereocenters. The number of carbonyl (C=O) groups excluding carboxylic acids is 2. The highest BCUT2D eigenvalue weighted by Gasteiger charge is 2.42. The fourth-order valence-corrected chi connectivity index (χ4v) is 3.74. The molecule has 2 aliphatic rings. The summed E-state index contributed by atoms with van der Waals surface area (Å²) in [6, 6.07) is 0.135. The van der Waals surface area contributed by atoms with Gasteiger partial charge in [0, 0.05) is 17.8 Å². The highest BCUT2D eigenvalue weighted by Crippen LogP contribution is 2.27. The van der Waals surface area contributed by atoms with Crippen LogP contribution in [-0.4, -0.2) is 46.8 Å². The summed E-state index contributed by atoms with van der Waals surface area (Å²) in [6.07, 6.45) is 7.89. The number of nitrogens with one attached hydrogen (secondary N) is 1. The maximum absolute atomic E-state index is 12.4. The van der Waals surface area contributed by atoms with Gasteiger partial charge < -0.3 is 5.32 Å². The van der Waals surface area contributed by atoms with Gasteiger partial charge in [-0.25, -0.2) is 0 Å². The Kier molecular flexibility index (Phi) is 5.28. The molecule has 2 fully saturated rings. The molecule has 2 amide bonds. The quantitative estimate of drug-likeness (QED) is 0.782. The summed E-state index contributed by atoms with van der Waals surface area (Å²) in [7, 11) is 0. The van der Waals surface area contributed by atoms with E-state index in [1.165, 1.54) is 6.42 Å². The minimum atomic E-state index is -0.295. The lowest BCUT2D eigenvalue weighted by molar-refractivity contribution is -0.142. The summed E-state index contributed by atoms with van der Waals surface area (Å²) >= 11 is 1.75. The van der Waals surface area contributed by atoms with Crippen molar-refractivity contribution in [3.05, 3.63) is 0 Å². The Labute approximate surface area is 119 Å². The maximum Gasteiger partial charge on any atom is 0.247 e. The van der Waals surface area contributed by atoms with Gasteiger partial charge >= 0.3 is 0 Å². The first-order valence-electron chi connectivity index (χ1n) is 7.24. The van der Waals surface area contributed by atoms with Gasteiger partial charge in [-0.05, 0) is 26.0 Å². The molecule has 108 valence electrons. The van der Waals surface area contributed by atoms with Crippen LogP contribution in [0.15, 0.2) is 0 Å². The Morgan fingerprint density at radius 1 is 1.32 bits per heavy atom. The average Bonchev–Trinajstić information content (AvgIpc) is 2.66. The van der Waals surface area contributed by atoms with Crippen LogP contribution in [0.5, 0.6) is 0 Å². The number of nitrogens with zero attached hydrogens (tertiary/aromatic N) is 1. The Balaban J connectivity index is 1.95. The second kappa shape index (κ2) is 6.75. The zero-order valence-corrected chi connectivity index (χ0v) is 12.7. The summed E-state index contributed by atoms with van der Waals surface area (Å²) in [6.45, 7) is 2.07. The first-order valence-corrected chi connectivity index (χ1v) is 8.63. The highest BCUT2D eigenvalue weighted by atomic mass is 32.2. The van der Waals surface area contributed by atoms with Gasteiger partial charge in [0.15, 0.2) is 0 Å². The van der Waals surface area contributed by atoms with E-state index in [1.54, 1.807) is 16.7 Å². The summed E-state index contributed by atoms with van der Waals surface area (Å²) in [5.74, 6) is 0.983. The van der Waals surface area contributed by atoms with Crippen LogP contribution in [0.1, 0.15) is 45.4 Å². The van der Waals surface area contributed by atoms with Crippen LogP contribution in [-0.2, 0) is 9.59 Å². The van der Waals surface area contributed by atoms with Gasteiger partial charge in [0.2, 0.25) is 11.8 Å². The van der Waals surface area contributed by atoms with Crippen molar-refractivity contribution in [2.24, 2.45) is 0 Å². The van der Waals surface area contributed by atoms with Crippen LogP contribution in [0.3, 0.4) is 0 Å². The maximum atomic E-state index is 12.4. The van der Waals surface area contributed by atoms with E-state index in [1.807, 2.05) is 6.26 Å². The molecule has 1 N–H and O–H groups in total. The normalized spacial score (nSPS) is 27.1. The number of likely N-dealkylation sites (tertiary alicyclic amines) is 1. The molecule has 1 heterocycles. The number of rotatable bonds is 5. The van der Waals surface area contributed by atoms with Crippen molar-refractivity contribution in [3.8, 4) is 0 Å². The van der Waals surface area contributed by atoms with E-state index < -0.39 is 0 Å². The number of imide groups is 1. The Morgan fingerprint density at radius 3 is 2.63 bits per heavy atom. The third-order valence-corrected chi connectivity index (χ3v) is 4.86. The molecular formula is C14H24N2O2S. The van der Waals surface area contributed by atoms with Gasteiger partial charge in [0.1, 0.15) is 0 Å². The third-order valence-electron chi connectivity index (χ3n) is 4.03. The molecule has 2 unspecified atom stereocenters. The first-order chi connectivity index (χ1) is 9.13. The number of carbonyl (C=O) groups is 2.